The lowest BCUT2D eigenvalue weighted by Gasteiger charge is -2.32. The number of hydrogen-bond acceptors (Lipinski definition) is 5. The Kier molecular flexibility index (Phi) is 6.03. The van der Waals surface area contributed by atoms with Crippen molar-refractivity contribution in [1.82, 2.24) is 19.0 Å². The fraction of sp³-hybridized carbons (Fsp3) is 0.520. The highest BCUT2D eigenvalue weighted by atomic mass is 32.2. The third-order valence-electron chi connectivity index (χ3n) is 6.56. The first-order chi connectivity index (χ1) is 15.4. The van der Waals surface area contributed by atoms with Gasteiger partial charge in [0.15, 0.2) is 15.5 Å². The van der Waals surface area contributed by atoms with Gasteiger partial charge in [-0.15, -0.1) is 0 Å². The number of hydrogen-bond donors (Lipinski definition) is 0. The van der Waals surface area contributed by atoms with E-state index in [1.165, 1.54) is 0 Å². The fourth-order valence-corrected chi connectivity index (χ4v) is 5.78. The van der Waals surface area contributed by atoms with Crippen molar-refractivity contribution in [2.75, 3.05) is 24.6 Å². The number of fused-ring (bicyclic) bond motifs is 1. The summed E-state index contributed by atoms with van der Waals surface area (Å²) in [6.07, 6.45) is 0. The van der Waals surface area contributed by atoms with Gasteiger partial charge < -0.3 is 0 Å². The van der Waals surface area contributed by atoms with Crippen molar-refractivity contribution in [3.63, 3.8) is 0 Å². The van der Waals surface area contributed by atoms with Crippen molar-refractivity contribution in [1.29, 1.82) is 0 Å². The van der Waals surface area contributed by atoms with Gasteiger partial charge in [0, 0.05) is 38.3 Å². The second kappa shape index (κ2) is 8.40. The lowest BCUT2D eigenvalue weighted by atomic mass is 9.97. The van der Waals surface area contributed by atoms with Gasteiger partial charge >= 0.3 is 5.69 Å². The number of pyridine rings is 1. The van der Waals surface area contributed by atoms with Crippen LogP contribution in [0.5, 0.6) is 0 Å². The summed E-state index contributed by atoms with van der Waals surface area (Å²) >= 11 is 0. The molecule has 8 heteroatoms. The first kappa shape index (κ1) is 23.7. The van der Waals surface area contributed by atoms with Gasteiger partial charge in [0.05, 0.1) is 22.7 Å². The Bertz CT molecular complexity index is 1350. The van der Waals surface area contributed by atoms with Crippen LogP contribution in [0.4, 0.5) is 0 Å². The Balaban J connectivity index is 1.71. The van der Waals surface area contributed by atoms with Crippen LogP contribution in [-0.4, -0.2) is 52.0 Å². The van der Waals surface area contributed by atoms with Gasteiger partial charge in [-0.25, -0.2) is 18.2 Å². The van der Waals surface area contributed by atoms with E-state index in [2.05, 4.69) is 57.7 Å². The maximum Gasteiger partial charge on any atom is 0.330 e. The maximum absolute atomic E-state index is 12.9. The van der Waals surface area contributed by atoms with Crippen LogP contribution in [-0.2, 0) is 23.4 Å². The smallest absolute Gasteiger partial charge is 0.295 e. The lowest BCUT2D eigenvalue weighted by molar-refractivity contribution is 0.229. The van der Waals surface area contributed by atoms with E-state index in [9.17, 15) is 13.2 Å². The van der Waals surface area contributed by atoms with E-state index in [1.54, 1.807) is 11.6 Å². The van der Waals surface area contributed by atoms with E-state index in [4.69, 9.17) is 4.98 Å². The number of sulfone groups is 1. The highest BCUT2D eigenvalue weighted by Gasteiger charge is 2.26. The van der Waals surface area contributed by atoms with Crippen LogP contribution in [0.3, 0.4) is 0 Å². The zero-order chi connectivity index (χ0) is 24.1. The average molecular weight is 471 g/mol. The first-order valence-corrected chi connectivity index (χ1v) is 13.3. The minimum absolute atomic E-state index is 0.0222. The molecule has 1 aromatic carbocycles. The van der Waals surface area contributed by atoms with Crippen molar-refractivity contribution in [3.05, 3.63) is 51.9 Å². The molecule has 1 saturated heterocycles. The van der Waals surface area contributed by atoms with Crippen LogP contribution >= 0.6 is 0 Å². The van der Waals surface area contributed by atoms with E-state index in [0.717, 1.165) is 27.9 Å². The number of aryl methyl sites for hydroxylation is 2. The fourth-order valence-electron chi connectivity index (χ4n) is 4.55. The van der Waals surface area contributed by atoms with Crippen LogP contribution < -0.4 is 5.69 Å². The van der Waals surface area contributed by atoms with Crippen LogP contribution in [0.15, 0.2) is 35.1 Å². The highest BCUT2D eigenvalue weighted by molar-refractivity contribution is 7.91. The molecule has 1 atom stereocenters. The zero-order valence-corrected chi connectivity index (χ0v) is 21.2. The van der Waals surface area contributed by atoms with Crippen molar-refractivity contribution in [2.24, 2.45) is 12.5 Å². The second-order valence-corrected chi connectivity index (χ2v) is 12.8. The molecule has 33 heavy (non-hydrogen) atoms. The summed E-state index contributed by atoms with van der Waals surface area (Å²) < 4.78 is 27.1. The third-order valence-corrected chi connectivity index (χ3v) is 8.17. The number of benzene rings is 1. The number of aromatic nitrogens is 3. The van der Waals surface area contributed by atoms with Crippen LogP contribution in [0.1, 0.15) is 44.9 Å². The topological polar surface area (TPSA) is 77.2 Å². The molecule has 1 fully saturated rings. The molecule has 7 nitrogen and oxygen atoms in total. The molecule has 2 aromatic heterocycles. The van der Waals surface area contributed by atoms with Gasteiger partial charge in [0.25, 0.3) is 0 Å². The second-order valence-electron chi connectivity index (χ2n) is 10.5. The van der Waals surface area contributed by atoms with Gasteiger partial charge in [0.1, 0.15) is 0 Å². The molecule has 0 N–H and O–H groups in total. The van der Waals surface area contributed by atoms with Gasteiger partial charge in [-0.2, -0.15) is 0 Å². The molecule has 3 aromatic rings. The standard InChI is InChI=1S/C25H34N4O3S/c1-17-7-8-19(18(2)28-11-13-33(31,32)14-12-28)15-20(17)21-9-10-22-23(26-21)27(6)24(30)29(22)16-25(3,4)5/h7-10,15,18H,11-14,16H2,1-6H3/t18-/m1/s1. The Labute approximate surface area is 196 Å². The number of rotatable bonds is 4. The Morgan fingerprint density at radius 3 is 2.39 bits per heavy atom. The van der Waals surface area contributed by atoms with Gasteiger partial charge in [0.2, 0.25) is 0 Å². The lowest BCUT2D eigenvalue weighted by Crippen LogP contribution is -2.41. The third kappa shape index (κ3) is 4.77. The van der Waals surface area contributed by atoms with E-state index in [-0.39, 0.29) is 28.7 Å². The molecule has 3 heterocycles. The summed E-state index contributed by atoms with van der Waals surface area (Å²) in [4.78, 5) is 20.0. The predicted octanol–water partition coefficient (Wildman–Crippen LogP) is 3.55. The minimum atomic E-state index is -2.91. The quantitative estimate of drug-likeness (QED) is 0.583. The van der Waals surface area contributed by atoms with E-state index in [1.807, 2.05) is 16.7 Å². The molecule has 1 aliphatic heterocycles. The summed E-state index contributed by atoms with van der Waals surface area (Å²) in [6.45, 7) is 12.3. The molecule has 178 valence electrons. The summed E-state index contributed by atoms with van der Waals surface area (Å²) in [5, 5.41) is 0. The Morgan fingerprint density at radius 2 is 1.76 bits per heavy atom. The molecule has 0 aliphatic carbocycles. The van der Waals surface area contributed by atoms with E-state index in [0.29, 0.717) is 25.3 Å². The van der Waals surface area contributed by atoms with Gasteiger partial charge in [-0.05, 0) is 48.6 Å². The minimum Gasteiger partial charge on any atom is -0.295 e. The largest absolute Gasteiger partial charge is 0.330 e. The molecule has 0 amide bonds. The van der Waals surface area contributed by atoms with Crippen molar-refractivity contribution in [2.45, 2.75) is 47.2 Å². The van der Waals surface area contributed by atoms with E-state index >= 15 is 0 Å². The summed E-state index contributed by atoms with van der Waals surface area (Å²) in [5.74, 6) is 0.432. The van der Waals surface area contributed by atoms with Crippen LogP contribution in [0, 0.1) is 12.3 Å². The van der Waals surface area contributed by atoms with E-state index < -0.39 is 9.84 Å². The average Bonchev–Trinajstić information content (AvgIpc) is 2.97. The van der Waals surface area contributed by atoms with Gasteiger partial charge in [-0.3, -0.25) is 14.0 Å². The normalized spacial score (nSPS) is 18.0. The molecule has 0 spiro atoms. The molecule has 0 saturated carbocycles. The van der Waals surface area contributed by atoms with Crippen molar-refractivity contribution in [3.8, 4) is 11.3 Å². The maximum atomic E-state index is 12.9. The summed E-state index contributed by atoms with van der Waals surface area (Å²) in [5.41, 5.74) is 5.56. The predicted molar refractivity (Wildman–Crippen MR) is 133 cm³/mol. The molecular formula is C25H34N4O3S. The SMILES string of the molecule is Cc1ccc([C@@H](C)N2CCS(=O)(=O)CC2)cc1-c1ccc2c(n1)n(C)c(=O)n2CC(C)(C)C. The van der Waals surface area contributed by atoms with Crippen LogP contribution in [0.2, 0.25) is 0 Å². The molecule has 1 aliphatic rings. The molecule has 0 unspecified atom stereocenters. The Morgan fingerprint density at radius 1 is 1.09 bits per heavy atom. The molecule has 0 radical (unpaired) electrons. The molecule has 0 bridgehead atoms. The molecule has 4 rings (SSSR count). The number of nitrogens with zero attached hydrogens (tertiary/aromatic N) is 4. The number of imidazole rings is 1. The van der Waals surface area contributed by atoms with Crippen LogP contribution in [0.25, 0.3) is 22.4 Å². The summed E-state index contributed by atoms with van der Waals surface area (Å²) in [7, 11) is -1.13. The zero-order valence-electron chi connectivity index (χ0n) is 20.4. The van der Waals surface area contributed by atoms with Crippen molar-refractivity contribution < 1.29 is 8.42 Å². The summed E-state index contributed by atoms with van der Waals surface area (Å²) in [6, 6.07) is 10.5. The monoisotopic (exact) mass is 470 g/mol. The Hall–Kier alpha value is -2.45. The molecular weight excluding hydrogens is 436 g/mol. The van der Waals surface area contributed by atoms with Crippen molar-refractivity contribution >= 4 is 21.0 Å². The van der Waals surface area contributed by atoms with Gasteiger partial charge in [-0.1, -0.05) is 32.9 Å². The highest BCUT2D eigenvalue weighted by Crippen LogP contribution is 2.30. The first-order valence-electron chi connectivity index (χ1n) is 11.5.